The molecule has 7 heteroatoms. The van der Waals surface area contributed by atoms with Crippen molar-refractivity contribution in [1.82, 2.24) is 14.0 Å². The Balaban J connectivity index is 2.16. The van der Waals surface area contributed by atoms with Gasteiger partial charge in [0.2, 0.25) is 0 Å². The summed E-state index contributed by atoms with van der Waals surface area (Å²) in [4.78, 5) is 26.3. The number of nitrogens with zero attached hydrogens (tertiary/aromatic N) is 4. The van der Waals surface area contributed by atoms with Crippen molar-refractivity contribution in [2.24, 2.45) is 14.1 Å². The SMILES string of the molecule is CC(CN(C)Cc1ccccc1)Nc1c(C#N)c(=O)n(C)c(=O)n1C. The van der Waals surface area contributed by atoms with Crippen LogP contribution in [-0.4, -0.2) is 33.7 Å². The Morgan fingerprint density at radius 2 is 1.84 bits per heavy atom. The first-order valence-electron chi connectivity index (χ1n) is 8.04. The van der Waals surface area contributed by atoms with Crippen LogP contribution in [-0.2, 0) is 20.6 Å². The molecule has 0 radical (unpaired) electrons. The zero-order valence-corrected chi connectivity index (χ0v) is 15.0. The molecule has 7 nitrogen and oxygen atoms in total. The summed E-state index contributed by atoms with van der Waals surface area (Å²) < 4.78 is 2.24. The maximum Gasteiger partial charge on any atom is 0.332 e. The van der Waals surface area contributed by atoms with Crippen LogP contribution < -0.4 is 16.6 Å². The second kappa shape index (κ2) is 7.81. The number of hydrogen-bond acceptors (Lipinski definition) is 5. The van der Waals surface area contributed by atoms with Gasteiger partial charge in [-0.3, -0.25) is 13.9 Å². The highest BCUT2D eigenvalue weighted by Crippen LogP contribution is 2.10. The van der Waals surface area contributed by atoms with E-state index in [0.29, 0.717) is 6.54 Å². The van der Waals surface area contributed by atoms with Gasteiger partial charge in [-0.25, -0.2) is 4.79 Å². The van der Waals surface area contributed by atoms with Crippen LogP contribution >= 0.6 is 0 Å². The Kier molecular flexibility index (Phi) is 5.78. The van der Waals surface area contributed by atoms with Crippen molar-refractivity contribution < 1.29 is 0 Å². The average Bonchev–Trinajstić information content (AvgIpc) is 2.58. The van der Waals surface area contributed by atoms with E-state index in [-0.39, 0.29) is 17.4 Å². The second-order valence-electron chi connectivity index (χ2n) is 6.27. The molecule has 0 aliphatic heterocycles. The van der Waals surface area contributed by atoms with Crippen molar-refractivity contribution in [3.8, 4) is 6.07 Å². The van der Waals surface area contributed by atoms with Crippen LogP contribution in [0.25, 0.3) is 0 Å². The predicted octanol–water partition coefficient (Wildman–Crippen LogP) is 0.888. The van der Waals surface area contributed by atoms with E-state index in [1.54, 1.807) is 7.05 Å². The smallest absolute Gasteiger partial charge is 0.332 e. The molecule has 0 saturated heterocycles. The van der Waals surface area contributed by atoms with Gasteiger partial charge < -0.3 is 10.2 Å². The van der Waals surface area contributed by atoms with E-state index in [9.17, 15) is 14.9 Å². The summed E-state index contributed by atoms with van der Waals surface area (Å²) in [5.41, 5.74) is 0.104. The highest BCUT2D eigenvalue weighted by Gasteiger charge is 2.17. The maximum absolute atomic E-state index is 12.1. The van der Waals surface area contributed by atoms with Gasteiger partial charge in [0.25, 0.3) is 5.56 Å². The summed E-state index contributed by atoms with van der Waals surface area (Å²) in [6.07, 6.45) is 0. The van der Waals surface area contributed by atoms with Crippen molar-refractivity contribution in [2.75, 3.05) is 18.9 Å². The molecule has 1 unspecified atom stereocenters. The third kappa shape index (κ3) is 4.17. The zero-order valence-electron chi connectivity index (χ0n) is 15.0. The first-order valence-corrected chi connectivity index (χ1v) is 8.04. The molecule has 132 valence electrons. The van der Waals surface area contributed by atoms with Crippen LogP contribution in [0.2, 0.25) is 0 Å². The Bertz CT molecular complexity index is 893. The molecule has 0 fully saturated rings. The second-order valence-corrected chi connectivity index (χ2v) is 6.27. The fourth-order valence-electron chi connectivity index (χ4n) is 2.82. The number of aromatic nitrogens is 2. The van der Waals surface area contributed by atoms with Gasteiger partial charge in [0.1, 0.15) is 11.9 Å². The lowest BCUT2D eigenvalue weighted by Gasteiger charge is -2.24. The highest BCUT2D eigenvalue weighted by atomic mass is 16.2. The zero-order chi connectivity index (χ0) is 18.6. The molecule has 0 amide bonds. The molecule has 0 aliphatic rings. The minimum atomic E-state index is -0.585. The van der Waals surface area contributed by atoms with Crippen LogP contribution in [0, 0.1) is 11.3 Å². The van der Waals surface area contributed by atoms with E-state index >= 15 is 0 Å². The summed E-state index contributed by atoms with van der Waals surface area (Å²) >= 11 is 0. The van der Waals surface area contributed by atoms with Gasteiger partial charge in [0.05, 0.1) is 0 Å². The molecule has 25 heavy (non-hydrogen) atoms. The van der Waals surface area contributed by atoms with E-state index in [4.69, 9.17) is 0 Å². The lowest BCUT2D eigenvalue weighted by molar-refractivity contribution is 0.316. The highest BCUT2D eigenvalue weighted by molar-refractivity contribution is 5.51. The predicted molar refractivity (Wildman–Crippen MR) is 97.5 cm³/mol. The first kappa shape index (κ1) is 18.5. The van der Waals surface area contributed by atoms with Gasteiger partial charge in [0, 0.05) is 33.2 Å². The summed E-state index contributed by atoms with van der Waals surface area (Å²) in [7, 11) is 4.91. The van der Waals surface area contributed by atoms with E-state index in [1.165, 1.54) is 17.2 Å². The van der Waals surface area contributed by atoms with Crippen molar-refractivity contribution in [2.45, 2.75) is 19.5 Å². The number of likely N-dealkylation sites (N-methyl/N-ethyl adjacent to an activating group) is 1. The Labute approximate surface area is 146 Å². The lowest BCUT2D eigenvalue weighted by atomic mass is 10.2. The van der Waals surface area contributed by atoms with E-state index in [1.807, 2.05) is 38.2 Å². The quantitative estimate of drug-likeness (QED) is 0.844. The maximum atomic E-state index is 12.1. The molecule has 1 N–H and O–H groups in total. The Hall–Kier alpha value is -2.85. The molecule has 1 aromatic carbocycles. The van der Waals surface area contributed by atoms with E-state index in [2.05, 4.69) is 22.3 Å². The van der Waals surface area contributed by atoms with Crippen LogP contribution in [0.15, 0.2) is 39.9 Å². The van der Waals surface area contributed by atoms with E-state index < -0.39 is 11.2 Å². The fourth-order valence-corrected chi connectivity index (χ4v) is 2.82. The summed E-state index contributed by atoms with van der Waals surface area (Å²) in [5.74, 6) is 0.260. The molecule has 2 rings (SSSR count). The minimum Gasteiger partial charge on any atom is -0.366 e. The van der Waals surface area contributed by atoms with Gasteiger partial charge >= 0.3 is 5.69 Å². The number of rotatable bonds is 6. The third-order valence-electron chi connectivity index (χ3n) is 4.04. The molecule has 1 heterocycles. The molecule has 0 bridgehead atoms. The standard InChI is InChI=1S/C18H23N5O2/c1-13(11-21(2)12-14-8-6-5-7-9-14)20-16-15(10-19)17(24)23(4)18(25)22(16)3/h5-9,13,20H,11-12H2,1-4H3. The lowest BCUT2D eigenvalue weighted by Crippen LogP contribution is -2.41. The van der Waals surface area contributed by atoms with Crippen LogP contribution in [0.4, 0.5) is 5.82 Å². The van der Waals surface area contributed by atoms with Crippen molar-refractivity contribution in [1.29, 1.82) is 5.26 Å². The molecule has 0 aliphatic carbocycles. The molecule has 0 saturated carbocycles. The van der Waals surface area contributed by atoms with Gasteiger partial charge in [-0.2, -0.15) is 5.26 Å². The summed E-state index contributed by atoms with van der Waals surface area (Å²) in [6, 6.07) is 11.9. The minimum absolute atomic E-state index is 0.0536. The van der Waals surface area contributed by atoms with Gasteiger partial charge in [-0.1, -0.05) is 30.3 Å². The Morgan fingerprint density at radius 3 is 2.44 bits per heavy atom. The molecule has 1 aromatic heterocycles. The largest absolute Gasteiger partial charge is 0.366 e. The van der Waals surface area contributed by atoms with Crippen LogP contribution in [0.3, 0.4) is 0 Å². The molecule has 1 atom stereocenters. The Morgan fingerprint density at radius 1 is 1.20 bits per heavy atom. The number of hydrogen-bond donors (Lipinski definition) is 1. The topological polar surface area (TPSA) is 83.1 Å². The van der Waals surface area contributed by atoms with Crippen LogP contribution in [0.1, 0.15) is 18.1 Å². The molecule has 0 spiro atoms. The van der Waals surface area contributed by atoms with Gasteiger partial charge in [-0.15, -0.1) is 0 Å². The van der Waals surface area contributed by atoms with Crippen LogP contribution in [0.5, 0.6) is 0 Å². The summed E-state index contributed by atoms with van der Waals surface area (Å²) in [5, 5.41) is 12.4. The average molecular weight is 341 g/mol. The van der Waals surface area contributed by atoms with Gasteiger partial charge in [0.15, 0.2) is 5.56 Å². The normalized spacial score (nSPS) is 12.0. The number of anilines is 1. The molecule has 2 aromatic rings. The first-order chi connectivity index (χ1) is 11.8. The van der Waals surface area contributed by atoms with Gasteiger partial charge in [-0.05, 0) is 19.5 Å². The number of benzene rings is 1. The number of nitriles is 1. The van der Waals surface area contributed by atoms with Crippen molar-refractivity contribution >= 4 is 5.82 Å². The van der Waals surface area contributed by atoms with Crippen molar-refractivity contribution in [3.63, 3.8) is 0 Å². The van der Waals surface area contributed by atoms with Crippen molar-refractivity contribution in [3.05, 3.63) is 62.3 Å². The molecular weight excluding hydrogens is 318 g/mol. The third-order valence-corrected chi connectivity index (χ3v) is 4.04. The fraction of sp³-hybridized carbons (Fsp3) is 0.389. The monoisotopic (exact) mass is 341 g/mol. The van der Waals surface area contributed by atoms with E-state index in [0.717, 1.165) is 11.1 Å². The number of nitrogens with one attached hydrogen (secondary N) is 1. The summed E-state index contributed by atoms with van der Waals surface area (Å²) in [6.45, 7) is 3.42. The molecular formula is C18H23N5O2.